The summed E-state index contributed by atoms with van der Waals surface area (Å²) >= 11 is 5.78. The summed E-state index contributed by atoms with van der Waals surface area (Å²) in [6.45, 7) is 1.65. The Morgan fingerprint density at radius 1 is 1.47 bits per heavy atom. The Morgan fingerprint density at radius 2 is 2.24 bits per heavy atom. The molecule has 2 rings (SSSR count). The molecule has 0 aliphatic heterocycles. The molecule has 2 heterocycles. The standard InChI is InChI=1S/C9H8ClN3O3S/c1-6-4-9(12-16-6)13-17(14,15)8-5-11-3-2-7(8)10/h2-5H,1H3,(H,12,13). The van der Waals surface area contributed by atoms with E-state index in [1.54, 1.807) is 6.92 Å². The lowest BCUT2D eigenvalue weighted by Crippen LogP contribution is -2.13. The molecule has 1 N–H and O–H groups in total. The number of nitrogens with zero attached hydrogens (tertiary/aromatic N) is 2. The van der Waals surface area contributed by atoms with Crippen LogP contribution in [0.15, 0.2) is 33.9 Å². The molecule has 2 aromatic heterocycles. The fraction of sp³-hybridized carbons (Fsp3) is 0.111. The van der Waals surface area contributed by atoms with Gasteiger partial charge in [0.1, 0.15) is 10.7 Å². The molecule has 0 unspecified atom stereocenters. The molecular weight excluding hydrogens is 266 g/mol. The molecule has 0 atom stereocenters. The van der Waals surface area contributed by atoms with Crippen LogP contribution in [0.2, 0.25) is 5.02 Å². The summed E-state index contributed by atoms with van der Waals surface area (Å²) in [7, 11) is -3.80. The lowest BCUT2D eigenvalue weighted by molar-refractivity contribution is 0.400. The van der Waals surface area contributed by atoms with Crippen molar-refractivity contribution in [3.05, 3.63) is 35.3 Å². The summed E-state index contributed by atoms with van der Waals surface area (Å²) in [4.78, 5) is 3.60. The van der Waals surface area contributed by atoms with Gasteiger partial charge in [-0.3, -0.25) is 9.71 Å². The van der Waals surface area contributed by atoms with Crippen LogP contribution >= 0.6 is 11.6 Å². The summed E-state index contributed by atoms with van der Waals surface area (Å²) < 4.78 is 30.8. The number of anilines is 1. The van der Waals surface area contributed by atoms with Crippen LogP contribution < -0.4 is 4.72 Å². The molecule has 0 bridgehead atoms. The van der Waals surface area contributed by atoms with Gasteiger partial charge in [0, 0.05) is 18.5 Å². The molecule has 6 nitrogen and oxygen atoms in total. The molecule has 0 radical (unpaired) electrons. The zero-order valence-corrected chi connectivity index (χ0v) is 10.3. The Bertz CT molecular complexity index is 638. The zero-order valence-electron chi connectivity index (χ0n) is 8.71. The highest BCUT2D eigenvalue weighted by atomic mass is 35.5. The minimum atomic E-state index is -3.80. The summed E-state index contributed by atoms with van der Waals surface area (Å²) in [5.74, 6) is 0.599. The maximum absolute atomic E-state index is 11.9. The molecule has 8 heteroatoms. The number of hydrogen-bond acceptors (Lipinski definition) is 5. The van der Waals surface area contributed by atoms with Gasteiger partial charge in [-0.1, -0.05) is 16.8 Å². The number of pyridine rings is 1. The van der Waals surface area contributed by atoms with Crippen LogP contribution in [0.5, 0.6) is 0 Å². The molecule has 90 valence electrons. The normalized spacial score (nSPS) is 11.4. The zero-order chi connectivity index (χ0) is 12.5. The minimum Gasteiger partial charge on any atom is -0.360 e. The molecule has 17 heavy (non-hydrogen) atoms. The van der Waals surface area contributed by atoms with Crippen molar-refractivity contribution in [2.45, 2.75) is 11.8 Å². The monoisotopic (exact) mass is 273 g/mol. The highest BCUT2D eigenvalue weighted by Crippen LogP contribution is 2.21. The molecule has 0 aliphatic rings. The Labute approximate surface area is 103 Å². The van der Waals surface area contributed by atoms with E-state index in [2.05, 4.69) is 14.9 Å². The van der Waals surface area contributed by atoms with E-state index in [1.807, 2.05) is 0 Å². The first-order valence-corrected chi connectivity index (χ1v) is 6.41. The Hall–Kier alpha value is -1.60. The highest BCUT2D eigenvalue weighted by Gasteiger charge is 2.19. The molecule has 0 saturated carbocycles. The smallest absolute Gasteiger partial charge is 0.266 e. The SMILES string of the molecule is Cc1cc(NS(=O)(=O)c2cnccc2Cl)no1. The van der Waals surface area contributed by atoms with Crippen LogP contribution in [0.3, 0.4) is 0 Å². The molecule has 0 fully saturated rings. The van der Waals surface area contributed by atoms with Crippen molar-refractivity contribution in [2.75, 3.05) is 4.72 Å². The number of rotatable bonds is 3. The predicted octanol–water partition coefficient (Wildman–Crippen LogP) is 1.83. The first kappa shape index (κ1) is 11.9. The molecule has 0 amide bonds. The van der Waals surface area contributed by atoms with Gasteiger partial charge in [-0.2, -0.15) is 0 Å². The van der Waals surface area contributed by atoms with Gasteiger partial charge in [-0.25, -0.2) is 8.42 Å². The molecule has 0 spiro atoms. The van der Waals surface area contributed by atoms with Crippen LogP contribution in [0.4, 0.5) is 5.82 Å². The second-order valence-corrected chi connectivity index (χ2v) is 5.29. The van der Waals surface area contributed by atoms with Gasteiger partial charge < -0.3 is 4.52 Å². The van der Waals surface area contributed by atoms with E-state index in [4.69, 9.17) is 16.1 Å². The average Bonchev–Trinajstić information content (AvgIpc) is 2.63. The minimum absolute atomic E-state index is 0.0905. The number of halogens is 1. The van der Waals surface area contributed by atoms with E-state index in [0.29, 0.717) is 5.76 Å². The number of sulfonamides is 1. The first-order valence-electron chi connectivity index (χ1n) is 4.55. The van der Waals surface area contributed by atoms with E-state index >= 15 is 0 Å². The molecule has 0 saturated heterocycles. The van der Waals surface area contributed by atoms with Crippen molar-refractivity contribution in [3.63, 3.8) is 0 Å². The van der Waals surface area contributed by atoms with Crippen molar-refractivity contribution in [2.24, 2.45) is 0 Å². The quantitative estimate of drug-likeness (QED) is 0.922. The van der Waals surface area contributed by atoms with Crippen LogP contribution in [-0.2, 0) is 10.0 Å². The maximum Gasteiger partial charge on any atom is 0.266 e. The fourth-order valence-corrected chi connectivity index (χ4v) is 2.58. The van der Waals surface area contributed by atoms with E-state index in [1.165, 1.54) is 18.3 Å². The lowest BCUT2D eigenvalue weighted by atomic mass is 10.5. The Balaban J connectivity index is 2.35. The lowest BCUT2D eigenvalue weighted by Gasteiger charge is -2.05. The van der Waals surface area contributed by atoms with Gasteiger partial charge in [-0.15, -0.1) is 0 Å². The molecule has 2 aromatic rings. The van der Waals surface area contributed by atoms with Crippen LogP contribution in [0, 0.1) is 6.92 Å². The number of nitrogens with one attached hydrogen (secondary N) is 1. The summed E-state index contributed by atoms with van der Waals surface area (Å²) in [5.41, 5.74) is 0. The third-order valence-corrected chi connectivity index (χ3v) is 3.71. The van der Waals surface area contributed by atoms with Gasteiger partial charge in [0.25, 0.3) is 10.0 Å². The fourth-order valence-electron chi connectivity index (χ4n) is 1.17. The third-order valence-electron chi connectivity index (χ3n) is 1.89. The predicted molar refractivity (Wildman–Crippen MR) is 61.3 cm³/mol. The average molecular weight is 274 g/mol. The van der Waals surface area contributed by atoms with Crippen molar-refractivity contribution in [1.82, 2.24) is 10.1 Å². The van der Waals surface area contributed by atoms with E-state index < -0.39 is 10.0 Å². The van der Waals surface area contributed by atoms with E-state index in [9.17, 15) is 8.42 Å². The molecule has 0 aromatic carbocycles. The number of hydrogen-bond donors (Lipinski definition) is 1. The topological polar surface area (TPSA) is 85.1 Å². The van der Waals surface area contributed by atoms with Crippen molar-refractivity contribution >= 4 is 27.4 Å². The summed E-state index contributed by atoms with van der Waals surface area (Å²) in [5, 5.41) is 3.62. The van der Waals surface area contributed by atoms with Gasteiger partial charge in [0.2, 0.25) is 0 Å². The summed E-state index contributed by atoms with van der Waals surface area (Å²) in [6, 6.07) is 2.85. The summed E-state index contributed by atoms with van der Waals surface area (Å²) in [6.07, 6.45) is 2.57. The van der Waals surface area contributed by atoms with Gasteiger partial charge in [-0.05, 0) is 13.0 Å². The van der Waals surface area contributed by atoms with Gasteiger partial charge in [0.15, 0.2) is 5.82 Å². The van der Waals surface area contributed by atoms with Crippen molar-refractivity contribution in [1.29, 1.82) is 0 Å². The number of aromatic nitrogens is 2. The maximum atomic E-state index is 11.9. The largest absolute Gasteiger partial charge is 0.360 e. The number of aryl methyl sites for hydroxylation is 1. The highest BCUT2D eigenvalue weighted by molar-refractivity contribution is 7.92. The van der Waals surface area contributed by atoms with Crippen molar-refractivity contribution < 1.29 is 12.9 Å². The Kier molecular flexibility index (Phi) is 3.03. The molecule has 0 aliphatic carbocycles. The van der Waals surface area contributed by atoms with Crippen LogP contribution in [0.25, 0.3) is 0 Å². The van der Waals surface area contributed by atoms with Gasteiger partial charge >= 0.3 is 0 Å². The van der Waals surface area contributed by atoms with E-state index in [0.717, 1.165) is 6.20 Å². The second-order valence-electron chi connectivity index (χ2n) is 3.23. The van der Waals surface area contributed by atoms with Crippen molar-refractivity contribution in [3.8, 4) is 0 Å². The Morgan fingerprint density at radius 3 is 2.82 bits per heavy atom. The van der Waals surface area contributed by atoms with E-state index in [-0.39, 0.29) is 15.7 Å². The first-order chi connectivity index (χ1) is 7.99. The van der Waals surface area contributed by atoms with Crippen LogP contribution in [-0.4, -0.2) is 18.6 Å². The van der Waals surface area contributed by atoms with Crippen LogP contribution in [0.1, 0.15) is 5.76 Å². The third kappa shape index (κ3) is 2.56. The molecular formula is C9H8ClN3O3S. The van der Waals surface area contributed by atoms with Gasteiger partial charge in [0.05, 0.1) is 5.02 Å². The second kappa shape index (κ2) is 4.34.